The Kier molecular flexibility index (Phi) is 5.40. The molecule has 6 nitrogen and oxygen atoms in total. The van der Waals surface area contributed by atoms with Gasteiger partial charge >= 0.3 is 0 Å². The number of hydrogen-bond donors (Lipinski definition) is 0. The molecule has 0 saturated carbocycles. The standard InChI is InChI=1S/C25H29N3O3/c1-17-23(18(2)31-26-17)16-30-24-14-20-8-4-3-7-19(20)13-22(24)25(29)28-12-9-21(15-28)27-10-5-6-11-27/h3-4,7-8,13-14,21H,5-6,9-12,15-16H2,1-2H3. The van der Waals surface area contributed by atoms with Crippen molar-refractivity contribution in [2.75, 3.05) is 26.2 Å². The van der Waals surface area contributed by atoms with Gasteiger partial charge in [-0.15, -0.1) is 0 Å². The van der Waals surface area contributed by atoms with Crippen LogP contribution in [0, 0.1) is 13.8 Å². The minimum atomic E-state index is 0.0567. The van der Waals surface area contributed by atoms with Gasteiger partial charge in [0.1, 0.15) is 18.1 Å². The molecule has 1 unspecified atom stereocenters. The van der Waals surface area contributed by atoms with Gasteiger partial charge in [-0.3, -0.25) is 9.69 Å². The molecule has 2 aliphatic heterocycles. The maximum atomic E-state index is 13.6. The molecular formula is C25H29N3O3. The zero-order valence-electron chi connectivity index (χ0n) is 18.3. The van der Waals surface area contributed by atoms with Gasteiger partial charge in [-0.05, 0) is 69.1 Å². The average Bonchev–Trinajstić information content (AvgIpc) is 3.53. The van der Waals surface area contributed by atoms with Crippen LogP contribution in [0.25, 0.3) is 10.8 Å². The zero-order chi connectivity index (χ0) is 21.4. The Bertz CT molecular complexity index is 1080. The Morgan fingerprint density at radius 2 is 1.87 bits per heavy atom. The van der Waals surface area contributed by atoms with E-state index < -0.39 is 0 Å². The van der Waals surface area contributed by atoms with E-state index in [4.69, 9.17) is 9.26 Å². The summed E-state index contributed by atoms with van der Waals surface area (Å²) in [5.74, 6) is 1.42. The Labute approximate surface area is 182 Å². The van der Waals surface area contributed by atoms with Crippen LogP contribution in [0.2, 0.25) is 0 Å². The van der Waals surface area contributed by atoms with Gasteiger partial charge in [0.25, 0.3) is 5.91 Å². The molecule has 0 spiro atoms. The quantitative estimate of drug-likeness (QED) is 0.616. The van der Waals surface area contributed by atoms with E-state index in [-0.39, 0.29) is 5.91 Å². The molecule has 3 heterocycles. The third-order valence-corrected chi connectivity index (χ3v) is 6.74. The van der Waals surface area contributed by atoms with E-state index in [0.717, 1.165) is 60.4 Å². The summed E-state index contributed by atoms with van der Waals surface area (Å²) in [4.78, 5) is 18.1. The molecular weight excluding hydrogens is 390 g/mol. The van der Waals surface area contributed by atoms with Crippen LogP contribution in [-0.4, -0.2) is 53.1 Å². The Balaban J connectivity index is 1.42. The molecule has 0 aliphatic carbocycles. The van der Waals surface area contributed by atoms with E-state index in [9.17, 15) is 4.79 Å². The molecule has 3 aromatic rings. The van der Waals surface area contributed by atoms with Gasteiger partial charge in [-0.25, -0.2) is 0 Å². The van der Waals surface area contributed by atoms with E-state index in [0.29, 0.717) is 24.0 Å². The number of hydrogen-bond acceptors (Lipinski definition) is 5. The van der Waals surface area contributed by atoms with Crippen molar-refractivity contribution in [2.45, 2.75) is 45.8 Å². The van der Waals surface area contributed by atoms with Crippen molar-refractivity contribution in [3.8, 4) is 5.75 Å². The summed E-state index contributed by atoms with van der Waals surface area (Å²) < 4.78 is 11.5. The highest BCUT2D eigenvalue weighted by atomic mass is 16.5. The molecule has 0 N–H and O–H groups in total. The minimum Gasteiger partial charge on any atom is -0.488 e. The molecule has 1 atom stereocenters. The van der Waals surface area contributed by atoms with E-state index >= 15 is 0 Å². The van der Waals surface area contributed by atoms with Gasteiger partial charge in [0, 0.05) is 19.1 Å². The first-order valence-electron chi connectivity index (χ1n) is 11.2. The number of carbonyl (C=O) groups is 1. The molecule has 31 heavy (non-hydrogen) atoms. The van der Waals surface area contributed by atoms with Crippen LogP contribution in [0.15, 0.2) is 40.9 Å². The molecule has 5 rings (SSSR count). The topological polar surface area (TPSA) is 58.8 Å². The molecule has 2 fully saturated rings. The third kappa shape index (κ3) is 3.92. The first kappa shape index (κ1) is 20.1. The number of benzene rings is 2. The average molecular weight is 420 g/mol. The van der Waals surface area contributed by atoms with Crippen molar-refractivity contribution in [3.63, 3.8) is 0 Å². The maximum Gasteiger partial charge on any atom is 0.257 e. The summed E-state index contributed by atoms with van der Waals surface area (Å²) in [6.07, 6.45) is 3.60. The fourth-order valence-electron chi connectivity index (χ4n) is 4.87. The summed E-state index contributed by atoms with van der Waals surface area (Å²) in [7, 11) is 0. The van der Waals surface area contributed by atoms with Crippen LogP contribution >= 0.6 is 0 Å². The zero-order valence-corrected chi connectivity index (χ0v) is 18.3. The van der Waals surface area contributed by atoms with Gasteiger partial charge < -0.3 is 14.2 Å². The number of aromatic nitrogens is 1. The molecule has 6 heteroatoms. The summed E-state index contributed by atoms with van der Waals surface area (Å²) >= 11 is 0. The lowest BCUT2D eigenvalue weighted by molar-refractivity contribution is 0.0775. The van der Waals surface area contributed by atoms with Crippen LogP contribution < -0.4 is 4.74 Å². The number of fused-ring (bicyclic) bond motifs is 1. The van der Waals surface area contributed by atoms with Gasteiger partial charge in [0.05, 0.1) is 16.8 Å². The van der Waals surface area contributed by atoms with E-state index in [1.807, 2.05) is 55.1 Å². The highest BCUT2D eigenvalue weighted by molar-refractivity contribution is 6.01. The highest BCUT2D eigenvalue weighted by Crippen LogP contribution is 2.30. The molecule has 2 aliphatic rings. The van der Waals surface area contributed by atoms with Crippen molar-refractivity contribution in [2.24, 2.45) is 0 Å². The number of amides is 1. The molecule has 162 valence electrons. The summed E-state index contributed by atoms with van der Waals surface area (Å²) in [5, 5.41) is 6.12. The molecule has 0 bridgehead atoms. The monoisotopic (exact) mass is 419 g/mol. The number of nitrogens with zero attached hydrogens (tertiary/aromatic N) is 3. The highest BCUT2D eigenvalue weighted by Gasteiger charge is 2.33. The Morgan fingerprint density at radius 1 is 1.13 bits per heavy atom. The Morgan fingerprint density at radius 3 is 2.58 bits per heavy atom. The number of rotatable bonds is 5. The second kappa shape index (κ2) is 8.35. The predicted octanol–water partition coefficient (Wildman–Crippen LogP) is 4.33. The van der Waals surface area contributed by atoms with Crippen LogP contribution in [-0.2, 0) is 6.61 Å². The SMILES string of the molecule is Cc1noc(C)c1COc1cc2ccccc2cc1C(=O)N1CCC(N2CCCC2)C1. The summed E-state index contributed by atoms with van der Waals surface area (Å²) in [6.45, 7) is 8.04. The summed E-state index contributed by atoms with van der Waals surface area (Å²) in [6, 6.07) is 12.5. The third-order valence-electron chi connectivity index (χ3n) is 6.74. The number of aryl methyl sites for hydroxylation is 2. The summed E-state index contributed by atoms with van der Waals surface area (Å²) in [5.41, 5.74) is 2.38. The minimum absolute atomic E-state index is 0.0567. The normalized spacial score (nSPS) is 19.4. The van der Waals surface area contributed by atoms with E-state index in [1.54, 1.807) is 0 Å². The lowest BCUT2D eigenvalue weighted by atomic mass is 10.0. The van der Waals surface area contributed by atoms with Crippen LogP contribution in [0.4, 0.5) is 0 Å². The van der Waals surface area contributed by atoms with Crippen molar-refractivity contribution >= 4 is 16.7 Å². The Hall–Kier alpha value is -2.86. The second-order valence-electron chi connectivity index (χ2n) is 8.72. The molecule has 2 saturated heterocycles. The fourth-order valence-corrected chi connectivity index (χ4v) is 4.87. The van der Waals surface area contributed by atoms with Gasteiger partial charge in [0.2, 0.25) is 0 Å². The maximum absolute atomic E-state index is 13.6. The predicted molar refractivity (Wildman–Crippen MR) is 119 cm³/mol. The smallest absolute Gasteiger partial charge is 0.257 e. The van der Waals surface area contributed by atoms with Crippen LogP contribution in [0.5, 0.6) is 5.75 Å². The van der Waals surface area contributed by atoms with Crippen molar-refractivity contribution in [3.05, 3.63) is 59.0 Å². The number of ether oxygens (including phenoxy) is 1. The van der Waals surface area contributed by atoms with Crippen molar-refractivity contribution in [1.82, 2.24) is 15.0 Å². The van der Waals surface area contributed by atoms with Crippen LogP contribution in [0.3, 0.4) is 0 Å². The molecule has 1 aromatic heterocycles. The first-order valence-corrected chi connectivity index (χ1v) is 11.2. The molecule has 2 aromatic carbocycles. The van der Waals surface area contributed by atoms with Crippen molar-refractivity contribution in [1.29, 1.82) is 0 Å². The second-order valence-corrected chi connectivity index (χ2v) is 8.72. The lowest BCUT2D eigenvalue weighted by Crippen LogP contribution is -2.37. The fraction of sp³-hybridized carbons (Fsp3) is 0.440. The number of carbonyl (C=O) groups excluding carboxylic acids is 1. The lowest BCUT2D eigenvalue weighted by Gasteiger charge is -2.24. The van der Waals surface area contributed by atoms with Gasteiger partial charge in [0.15, 0.2) is 0 Å². The van der Waals surface area contributed by atoms with Crippen molar-refractivity contribution < 1.29 is 14.1 Å². The molecule has 1 amide bonds. The van der Waals surface area contributed by atoms with Gasteiger partial charge in [-0.1, -0.05) is 29.4 Å². The largest absolute Gasteiger partial charge is 0.488 e. The molecule has 0 radical (unpaired) electrons. The first-order chi connectivity index (χ1) is 15.1. The number of likely N-dealkylation sites (tertiary alicyclic amines) is 2. The van der Waals surface area contributed by atoms with Gasteiger partial charge in [-0.2, -0.15) is 0 Å². The van der Waals surface area contributed by atoms with Crippen LogP contribution in [0.1, 0.15) is 46.6 Å². The van der Waals surface area contributed by atoms with E-state index in [2.05, 4.69) is 10.1 Å². The van der Waals surface area contributed by atoms with E-state index in [1.165, 1.54) is 12.8 Å².